The van der Waals surface area contributed by atoms with Crippen LogP contribution in [0, 0.1) is 0 Å². The van der Waals surface area contributed by atoms with Crippen LogP contribution in [0.15, 0.2) is 24.3 Å². The van der Waals surface area contributed by atoms with Gasteiger partial charge >= 0.3 is 0 Å². The lowest BCUT2D eigenvalue weighted by Crippen LogP contribution is -2.22. The average molecular weight is 165 g/mol. The quantitative estimate of drug-likeness (QED) is 0.628. The Hall–Kier alpha value is -1.18. The molecule has 1 rings (SSSR count). The van der Waals surface area contributed by atoms with Crippen LogP contribution < -0.4 is 4.74 Å². The van der Waals surface area contributed by atoms with Crippen LogP contribution in [0.25, 0.3) is 0 Å². The Kier molecular flexibility index (Phi) is 2.27. The van der Waals surface area contributed by atoms with E-state index in [9.17, 15) is 5.11 Å². The maximum absolute atomic E-state index is 11.2. The Morgan fingerprint density at radius 3 is 2.25 bits per heavy atom. The van der Waals surface area contributed by atoms with Crippen LogP contribution in [0.2, 0.25) is 0 Å². The molecular weight excluding hydrogens is 152 g/mol. The standard InChI is InChI=1S/C10H13O2/c1-10(2,3)12-9-7-5-4-6-8(9)11/h4-7H,1-3H3. The lowest BCUT2D eigenvalue weighted by Gasteiger charge is -2.20. The molecule has 0 aromatic heterocycles. The van der Waals surface area contributed by atoms with Crippen LogP contribution in [-0.2, 0) is 5.11 Å². The van der Waals surface area contributed by atoms with Crippen molar-refractivity contribution < 1.29 is 9.84 Å². The van der Waals surface area contributed by atoms with E-state index in [1.54, 1.807) is 18.2 Å². The Morgan fingerprint density at radius 1 is 1.17 bits per heavy atom. The molecule has 12 heavy (non-hydrogen) atoms. The Labute approximate surface area is 72.8 Å². The highest BCUT2D eigenvalue weighted by Crippen LogP contribution is 2.28. The normalized spacial score (nSPS) is 11.2. The zero-order valence-electron chi connectivity index (χ0n) is 7.63. The minimum atomic E-state index is -0.305. The van der Waals surface area contributed by atoms with Gasteiger partial charge in [-0.15, -0.1) is 0 Å². The lowest BCUT2D eigenvalue weighted by molar-refractivity contribution is 0.122. The summed E-state index contributed by atoms with van der Waals surface area (Å²) in [4.78, 5) is 0. The van der Waals surface area contributed by atoms with Crippen molar-refractivity contribution in [3.8, 4) is 11.5 Å². The summed E-state index contributed by atoms with van der Waals surface area (Å²) in [7, 11) is 0. The summed E-state index contributed by atoms with van der Waals surface area (Å²) in [5, 5.41) is 11.2. The van der Waals surface area contributed by atoms with Gasteiger partial charge in [-0.05, 0) is 32.9 Å². The van der Waals surface area contributed by atoms with Crippen LogP contribution >= 0.6 is 0 Å². The average Bonchev–Trinajstić information content (AvgIpc) is 1.91. The van der Waals surface area contributed by atoms with Crippen LogP contribution in [0.3, 0.4) is 0 Å². The zero-order valence-corrected chi connectivity index (χ0v) is 7.63. The van der Waals surface area contributed by atoms with Crippen molar-refractivity contribution >= 4 is 0 Å². The molecule has 0 aliphatic rings. The molecule has 2 nitrogen and oxygen atoms in total. The summed E-state index contributed by atoms with van der Waals surface area (Å²) in [5.74, 6) is 0.359. The summed E-state index contributed by atoms with van der Waals surface area (Å²) in [6.07, 6.45) is 0. The van der Waals surface area contributed by atoms with Crippen molar-refractivity contribution in [2.45, 2.75) is 26.4 Å². The van der Waals surface area contributed by atoms with E-state index < -0.39 is 0 Å². The molecule has 0 spiro atoms. The molecule has 0 N–H and O–H groups in total. The van der Waals surface area contributed by atoms with Crippen LogP contribution in [0.4, 0.5) is 0 Å². The fraction of sp³-hybridized carbons (Fsp3) is 0.400. The van der Waals surface area contributed by atoms with Gasteiger partial charge in [-0.2, -0.15) is 0 Å². The monoisotopic (exact) mass is 165 g/mol. The van der Waals surface area contributed by atoms with E-state index in [1.165, 1.54) is 6.07 Å². The van der Waals surface area contributed by atoms with Gasteiger partial charge in [-0.25, -0.2) is 0 Å². The molecule has 0 saturated carbocycles. The van der Waals surface area contributed by atoms with Gasteiger partial charge in [0.05, 0.1) is 0 Å². The molecule has 0 aliphatic carbocycles. The third-order valence-electron chi connectivity index (χ3n) is 1.27. The summed E-state index contributed by atoms with van der Waals surface area (Å²) in [5.41, 5.74) is -0.305. The first-order valence-electron chi connectivity index (χ1n) is 3.94. The van der Waals surface area contributed by atoms with Crippen molar-refractivity contribution in [2.24, 2.45) is 0 Å². The molecule has 0 unspecified atom stereocenters. The van der Waals surface area contributed by atoms with Gasteiger partial charge in [-0.1, -0.05) is 12.1 Å². The topological polar surface area (TPSA) is 29.1 Å². The van der Waals surface area contributed by atoms with E-state index in [0.717, 1.165) is 0 Å². The molecular formula is C10H13O2. The number of hydrogen-bond acceptors (Lipinski definition) is 1. The van der Waals surface area contributed by atoms with E-state index in [2.05, 4.69) is 0 Å². The van der Waals surface area contributed by atoms with Crippen molar-refractivity contribution in [3.05, 3.63) is 24.3 Å². The first-order valence-corrected chi connectivity index (χ1v) is 3.94. The maximum atomic E-state index is 11.2. The molecule has 2 heteroatoms. The Balaban J connectivity index is 2.83. The summed E-state index contributed by atoms with van der Waals surface area (Å²) >= 11 is 0. The lowest BCUT2D eigenvalue weighted by atomic mass is 10.2. The molecule has 0 aliphatic heterocycles. The zero-order chi connectivity index (χ0) is 9.19. The Bertz CT molecular complexity index is 261. The second-order valence-corrected chi connectivity index (χ2v) is 3.66. The highest BCUT2D eigenvalue weighted by atomic mass is 16.5. The third kappa shape index (κ3) is 2.46. The number of para-hydroxylation sites is 2. The molecule has 0 heterocycles. The van der Waals surface area contributed by atoms with E-state index in [1.807, 2.05) is 20.8 Å². The highest BCUT2D eigenvalue weighted by Gasteiger charge is 2.14. The van der Waals surface area contributed by atoms with Gasteiger partial charge in [0.25, 0.3) is 0 Å². The predicted octanol–water partition coefficient (Wildman–Crippen LogP) is 3.01. The van der Waals surface area contributed by atoms with E-state index >= 15 is 0 Å². The fourth-order valence-electron chi connectivity index (χ4n) is 0.864. The number of hydrogen-bond donors (Lipinski definition) is 0. The first-order chi connectivity index (χ1) is 5.49. The number of rotatable bonds is 1. The molecule has 65 valence electrons. The third-order valence-corrected chi connectivity index (χ3v) is 1.27. The SMILES string of the molecule is CC(C)(C)Oc1ccccc1[O]. The van der Waals surface area contributed by atoms with E-state index in [-0.39, 0.29) is 11.4 Å². The molecule has 0 atom stereocenters. The second-order valence-electron chi connectivity index (χ2n) is 3.66. The molecule has 1 aromatic rings. The van der Waals surface area contributed by atoms with E-state index in [0.29, 0.717) is 5.75 Å². The number of ether oxygens (including phenoxy) is 1. The largest absolute Gasteiger partial charge is 0.484 e. The first kappa shape index (κ1) is 8.91. The molecule has 1 aromatic carbocycles. The Morgan fingerprint density at radius 2 is 1.75 bits per heavy atom. The van der Waals surface area contributed by atoms with Crippen molar-refractivity contribution in [1.82, 2.24) is 0 Å². The summed E-state index contributed by atoms with van der Waals surface area (Å²) in [6, 6.07) is 6.69. The number of benzene rings is 1. The maximum Gasteiger partial charge on any atom is 0.220 e. The van der Waals surface area contributed by atoms with Gasteiger partial charge in [0.1, 0.15) is 5.60 Å². The van der Waals surface area contributed by atoms with Crippen LogP contribution in [0.5, 0.6) is 11.5 Å². The van der Waals surface area contributed by atoms with Gasteiger partial charge in [0, 0.05) is 0 Å². The van der Waals surface area contributed by atoms with Gasteiger partial charge in [-0.3, -0.25) is 5.11 Å². The summed E-state index contributed by atoms with van der Waals surface area (Å²) in [6.45, 7) is 5.75. The predicted molar refractivity (Wildman–Crippen MR) is 47.0 cm³/mol. The molecule has 0 fully saturated rings. The van der Waals surface area contributed by atoms with E-state index in [4.69, 9.17) is 4.74 Å². The fourth-order valence-corrected chi connectivity index (χ4v) is 0.864. The molecule has 0 amide bonds. The van der Waals surface area contributed by atoms with Crippen molar-refractivity contribution in [1.29, 1.82) is 0 Å². The van der Waals surface area contributed by atoms with Gasteiger partial charge < -0.3 is 4.74 Å². The minimum Gasteiger partial charge on any atom is -0.484 e. The van der Waals surface area contributed by atoms with Gasteiger partial charge in [0.2, 0.25) is 5.75 Å². The van der Waals surface area contributed by atoms with Crippen LogP contribution in [-0.4, -0.2) is 5.60 Å². The van der Waals surface area contributed by atoms with Gasteiger partial charge in [0.15, 0.2) is 5.75 Å². The highest BCUT2D eigenvalue weighted by molar-refractivity contribution is 5.38. The smallest absolute Gasteiger partial charge is 0.220 e. The summed E-state index contributed by atoms with van der Waals surface area (Å²) < 4.78 is 5.42. The molecule has 0 saturated heterocycles. The minimum absolute atomic E-state index is 0.0626. The van der Waals surface area contributed by atoms with Crippen molar-refractivity contribution in [3.63, 3.8) is 0 Å². The molecule has 0 bridgehead atoms. The van der Waals surface area contributed by atoms with Crippen molar-refractivity contribution in [2.75, 3.05) is 0 Å². The van der Waals surface area contributed by atoms with Crippen LogP contribution in [0.1, 0.15) is 20.8 Å². The second kappa shape index (κ2) is 3.05. The molecule has 1 radical (unpaired) electrons.